The lowest BCUT2D eigenvalue weighted by molar-refractivity contribution is 0.299. The summed E-state index contributed by atoms with van der Waals surface area (Å²) < 4.78 is 5.36. The maximum atomic E-state index is 9.49. The summed E-state index contributed by atoms with van der Waals surface area (Å²) in [6, 6.07) is 5.10. The Morgan fingerprint density at radius 1 is 1.40 bits per heavy atom. The van der Waals surface area contributed by atoms with Crippen LogP contribution in [0.3, 0.4) is 0 Å². The Kier molecular flexibility index (Phi) is 4.71. The Labute approximate surface area is 89.6 Å². The van der Waals surface area contributed by atoms with E-state index in [0.29, 0.717) is 12.4 Å². The molecule has 1 aromatic rings. The largest absolute Gasteiger partial charge is 0.504 e. The molecule has 15 heavy (non-hydrogen) atoms. The number of aliphatic hydroxyl groups is 1. The van der Waals surface area contributed by atoms with Crippen LogP contribution in [-0.2, 0) is 0 Å². The molecular formula is C12H16O3. The fraction of sp³-hybridized carbons (Fsp3) is 0.333. The molecule has 3 heteroatoms. The number of aromatic hydroxyl groups is 1. The molecule has 0 saturated heterocycles. The van der Waals surface area contributed by atoms with Crippen LogP contribution in [0.25, 0.3) is 6.08 Å². The third kappa shape index (κ3) is 3.64. The number of phenols is 1. The Bertz CT molecular complexity index is 332. The van der Waals surface area contributed by atoms with Crippen molar-refractivity contribution in [1.82, 2.24) is 0 Å². The van der Waals surface area contributed by atoms with Gasteiger partial charge in [-0.1, -0.05) is 25.1 Å². The van der Waals surface area contributed by atoms with E-state index in [4.69, 9.17) is 9.84 Å². The van der Waals surface area contributed by atoms with E-state index in [0.717, 1.165) is 12.0 Å². The van der Waals surface area contributed by atoms with Crippen LogP contribution >= 0.6 is 0 Å². The van der Waals surface area contributed by atoms with Gasteiger partial charge in [-0.05, 0) is 24.1 Å². The first kappa shape index (κ1) is 11.6. The van der Waals surface area contributed by atoms with Crippen molar-refractivity contribution in [2.45, 2.75) is 13.3 Å². The lowest BCUT2D eigenvalue weighted by atomic mass is 10.2. The van der Waals surface area contributed by atoms with Gasteiger partial charge in [-0.2, -0.15) is 0 Å². The molecule has 0 spiro atoms. The van der Waals surface area contributed by atoms with Gasteiger partial charge in [-0.25, -0.2) is 0 Å². The molecule has 0 bridgehead atoms. The molecule has 0 saturated carbocycles. The number of ether oxygens (including phenoxy) is 1. The first-order chi connectivity index (χ1) is 7.27. The second-order valence-corrected chi connectivity index (χ2v) is 3.16. The summed E-state index contributed by atoms with van der Waals surface area (Å²) in [4.78, 5) is 0. The summed E-state index contributed by atoms with van der Waals surface area (Å²) >= 11 is 0. The molecule has 0 aromatic heterocycles. The van der Waals surface area contributed by atoms with Crippen LogP contribution < -0.4 is 4.74 Å². The molecule has 0 aliphatic heterocycles. The molecule has 3 nitrogen and oxygen atoms in total. The molecular weight excluding hydrogens is 192 g/mol. The molecule has 0 heterocycles. The standard InChI is InChI=1S/C12H16O3/c1-2-8-15-12-9-10(4-3-7-13)5-6-11(12)14/h3-6,9,13-14H,2,7-8H2,1H3/b4-3+. The Balaban J connectivity index is 2.80. The number of rotatable bonds is 5. The monoisotopic (exact) mass is 208 g/mol. The third-order valence-electron chi connectivity index (χ3n) is 1.86. The summed E-state index contributed by atoms with van der Waals surface area (Å²) in [5.41, 5.74) is 0.896. The van der Waals surface area contributed by atoms with Crippen molar-refractivity contribution >= 4 is 6.08 Å². The summed E-state index contributed by atoms with van der Waals surface area (Å²) in [7, 11) is 0. The second-order valence-electron chi connectivity index (χ2n) is 3.16. The molecule has 0 fully saturated rings. The highest BCUT2D eigenvalue weighted by Crippen LogP contribution is 2.27. The summed E-state index contributed by atoms with van der Waals surface area (Å²) in [5, 5.41) is 18.1. The minimum atomic E-state index is 0.00598. The second kappa shape index (κ2) is 6.09. The van der Waals surface area contributed by atoms with Gasteiger partial charge in [0.1, 0.15) is 0 Å². The number of benzene rings is 1. The Morgan fingerprint density at radius 3 is 2.87 bits per heavy atom. The van der Waals surface area contributed by atoms with Gasteiger partial charge in [0.25, 0.3) is 0 Å². The maximum Gasteiger partial charge on any atom is 0.161 e. The van der Waals surface area contributed by atoms with Crippen LogP contribution in [0.15, 0.2) is 24.3 Å². The molecule has 2 N–H and O–H groups in total. The predicted octanol–water partition coefficient (Wildman–Crippen LogP) is 2.19. The van der Waals surface area contributed by atoms with Crippen LogP contribution in [0.2, 0.25) is 0 Å². The summed E-state index contributed by atoms with van der Waals surface area (Å²) in [6.07, 6.45) is 4.31. The first-order valence-corrected chi connectivity index (χ1v) is 5.01. The SMILES string of the molecule is CCCOc1cc(/C=C/CO)ccc1O. The van der Waals surface area contributed by atoms with Crippen LogP contribution in [0.4, 0.5) is 0 Å². The van der Waals surface area contributed by atoms with E-state index in [1.165, 1.54) is 0 Å². The van der Waals surface area contributed by atoms with E-state index in [-0.39, 0.29) is 12.4 Å². The van der Waals surface area contributed by atoms with Crippen molar-refractivity contribution in [3.63, 3.8) is 0 Å². The van der Waals surface area contributed by atoms with Crippen molar-refractivity contribution in [2.75, 3.05) is 13.2 Å². The lowest BCUT2D eigenvalue weighted by Gasteiger charge is -2.07. The van der Waals surface area contributed by atoms with Crippen LogP contribution in [0, 0.1) is 0 Å². The number of hydrogen-bond acceptors (Lipinski definition) is 3. The third-order valence-corrected chi connectivity index (χ3v) is 1.86. The quantitative estimate of drug-likeness (QED) is 0.779. The minimum Gasteiger partial charge on any atom is -0.504 e. The maximum absolute atomic E-state index is 9.49. The van der Waals surface area contributed by atoms with E-state index in [2.05, 4.69) is 0 Å². The van der Waals surface area contributed by atoms with Gasteiger partial charge in [-0.3, -0.25) is 0 Å². The summed E-state index contributed by atoms with van der Waals surface area (Å²) in [5.74, 6) is 0.626. The van der Waals surface area contributed by atoms with E-state index in [9.17, 15) is 5.11 Å². The molecule has 0 aliphatic rings. The number of aliphatic hydroxyl groups excluding tert-OH is 1. The molecule has 0 unspecified atom stereocenters. The Morgan fingerprint density at radius 2 is 2.20 bits per heavy atom. The van der Waals surface area contributed by atoms with Gasteiger partial charge in [0.05, 0.1) is 13.2 Å². The smallest absolute Gasteiger partial charge is 0.161 e. The fourth-order valence-corrected chi connectivity index (χ4v) is 1.15. The van der Waals surface area contributed by atoms with Crippen molar-refractivity contribution < 1.29 is 14.9 Å². The van der Waals surface area contributed by atoms with Gasteiger partial charge in [0.2, 0.25) is 0 Å². The van der Waals surface area contributed by atoms with Crippen molar-refractivity contribution in [3.8, 4) is 11.5 Å². The van der Waals surface area contributed by atoms with Gasteiger partial charge in [-0.15, -0.1) is 0 Å². The highest BCUT2D eigenvalue weighted by Gasteiger charge is 2.01. The van der Waals surface area contributed by atoms with E-state index >= 15 is 0 Å². The van der Waals surface area contributed by atoms with Gasteiger partial charge >= 0.3 is 0 Å². The van der Waals surface area contributed by atoms with Crippen LogP contribution in [0.1, 0.15) is 18.9 Å². The molecule has 0 radical (unpaired) electrons. The highest BCUT2D eigenvalue weighted by atomic mass is 16.5. The van der Waals surface area contributed by atoms with Crippen LogP contribution in [-0.4, -0.2) is 23.4 Å². The lowest BCUT2D eigenvalue weighted by Crippen LogP contribution is -1.95. The van der Waals surface area contributed by atoms with Gasteiger partial charge < -0.3 is 14.9 Å². The van der Waals surface area contributed by atoms with E-state index in [1.807, 2.05) is 6.92 Å². The molecule has 0 aliphatic carbocycles. The molecule has 0 atom stereocenters. The zero-order valence-electron chi connectivity index (χ0n) is 8.81. The Hall–Kier alpha value is -1.48. The molecule has 0 amide bonds. The highest BCUT2D eigenvalue weighted by molar-refractivity contribution is 5.55. The minimum absolute atomic E-state index is 0.00598. The average molecular weight is 208 g/mol. The average Bonchev–Trinajstić information content (AvgIpc) is 2.26. The summed E-state index contributed by atoms with van der Waals surface area (Å²) in [6.45, 7) is 2.60. The van der Waals surface area contributed by atoms with Gasteiger partial charge in [0, 0.05) is 0 Å². The predicted molar refractivity (Wildman–Crippen MR) is 60.0 cm³/mol. The molecule has 1 aromatic carbocycles. The van der Waals surface area contributed by atoms with Crippen molar-refractivity contribution in [1.29, 1.82) is 0 Å². The van der Waals surface area contributed by atoms with Crippen molar-refractivity contribution in [2.24, 2.45) is 0 Å². The number of hydrogen-bond donors (Lipinski definition) is 2. The normalized spacial score (nSPS) is 10.8. The van der Waals surface area contributed by atoms with E-state index in [1.54, 1.807) is 30.4 Å². The van der Waals surface area contributed by atoms with Crippen LogP contribution in [0.5, 0.6) is 11.5 Å². The van der Waals surface area contributed by atoms with E-state index < -0.39 is 0 Å². The molecule has 82 valence electrons. The van der Waals surface area contributed by atoms with Gasteiger partial charge in [0.15, 0.2) is 11.5 Å². The zero-order chi connectivity index (χ0) is 11.1. The first-order valence-electron chi connectivity index (χ1n) is 5.01. The fourth-order valence-electron chi connectivity index (χ4n) is 1.15. The topological polar surface area (TPSA) is 49.7 Å². The van der Waals surface area contributed by atoms with Crippen molar-refractivity contribution in [3.05, 3.63) is 29.8 Å². The zero-order valence-corrected chi connectivity index (χ0v) is 8.81. The molecule has 1 rings (SSSR count). The number of phenolic OH excluding ortho intramolecular Hbond substituents is 1.